The quantitative estimate of drug-likeness (QED) is 0.670. The fraction of sp³-hybridized carbons (Fsp3) is 0.0714. The van der Waals surface area contributed by atoms with Crippen molar-refractivity contribution in [1.29, 1.82) is 0 Å². The number of nitrogen functional groups attached to an aromatic ring is 1. The lowest BCUT2D eigenvalue weighted by molar-refractivity contribution is 0.101. The van der Waals surface area contributed by atoms with Crippen LogP contribution in [0.2, 0.25) is 0 Å². The van der Waals surface area contributed by atoms with Gasteiger partial charge in [0, 0.05) is 11.3 Å². The molecular weight excluding hydrogens is 295 g/mol. The van der Waals surface area contributed by atoms with Crippen LogP contribution in [0.4, 0.5) is 15.8 Å². The van der Waals surface area contributed by atoms with Gasteiger partial charge in [-0.3, -0.25) is 9.52 Å². The number of ketones is 1. The molecule has 0 aliphatic rings. The Hall–Kier alpha value is -2.41. The molecule has 0 aromatic heterocycles. The number of Topliss-reactive ketones (excluding diaryl/α,β-unsaturated/α-hetero) is 1. The van der Waals surface area contributed by atoms with E-state index in [0.29, 0.717) is 0 Å². The van der Waals surface area contributed by atoms with E-state index in [1.165, 1.54) is 43.3 Å². The van der Waals surface area contributed by atoms with E-state index >= 15 is 0 Å². The minimum atomic E-state index is -4.01. The molecule has 0 aliphatic heterocycles. The Labute approximate surface area is 121 Å². The van der Waals surface area contributed by atoms with Crippen molar-refractivity contribution in [3.8, 4) is 0 Å². The Morgan fingerprint density at radius 3 is 2.57 bits per heavy atom. The molecule has 0 amide bonds. The number of nitrogens with one attached hydrogen (secondary N) is 1. The number of hydrogen-bond acceptors (Lipinski definition) is 4. The lowest BCUT2D eigenvalue weighted by Crippen LogP contribution is -2.14. The summed E-state index contributed by atoms with van der Waals surface area (Å²) in [6.07, 6.45) is 0. The molecule has 7 heteroatoms. The molecule has 21 heavy (non-hydrogen) atoms. The van der Waals surface area contributed by atoms with E-state index < -0.39 is 15.8 Å². The maximum Gasteiger partial charge on any atom is 0.262 e. The van der Waals surface area contributed by atoms with Gasteiger partial charge >= 0.3 is 0 Å². The Kier molecular flexibility index (Phi) is 3.95. The van der Waals surface area contributed by atoms with Gasteiger partial charge in [0.05, 0.1) is 10.6 Å². The van der Waals surface area contributed by atoms with Gasteiger partial charge in [-0.2, -0.15) is 0 Å². The minimum Gasteiger partial charge on any atom is -0.399 e. The fourth-order valence-electron chi connectivity index (χ4n) is 1.71. The smallest absolute Gasteiger partial charge is 0.262 e. The molecule has 0 bridgehead atoms. The van der Waals surface area contributed by atoms with E-state index in [4.69, 9.17) is 5.73 Å². The summed E-state index contributed by atoms with van der Waals surface area (Å²) in [4.78, 5) is 11.2. The lowest BCUT2D eigenvalue weighted by atomic mass is 10.2. The van der Waals surface area contributed by atoms with Gasteiger partial charge in [0.2, 0.25) is 0 Å². The van der Waals surface area contributed by atoms with Gasteiger partial charge in [0.25, 0.3) is 10.0 Å². The van der Waals surface area contributed by atoms with E-state index in [0.717, 1.165) is 6.07 Å². The maximum absolute atomic E-state index is 13.6. The topological polar surface area (TPSA) is 89.3 Å². The molecule has 0 fully saturated rings. The summed E-state index contributed by atoms with van der Waals surface area (Å²) in [5, 5.41) is 0. The summed E-state index contributed by atoms with van der Waals surface area (Å²) < 4.78 is 40.1. The van der Waals surface area contributed by atoms with E-state index in [2.05, 4.69) is 4.72 Å². The number of anilines is 2. The zero-order valence-electron chi connectivity index (χ0n) is 11.1. The van der Waals surface area contributed by atoms with E-state index in [-0.39, 0.29) is 27.6 Å². The molecule has 0 heterocycles. The zero-order valence-corrected chi connectivity index (χ0v) is 11.9. The van der Waals surface area contributed by atoms with E-state index in [1.54, 1.807) is 0 Å². The van der Waals surface area contributed by atoms with Crippen molar-refractivity contribution in [2.75, 3.05) is 10.5 Å². The van der Waals surface area contributed by atoms with Crippen LogP contribution in [-0.4, -0.2) is 14.2 Å². The van der Waals surface area contributed by atoms with Crippen molar-refractivity contribution < 1.29 is 17.6 Å². The van der Waals surface area contributed by atoms with Crippen LogP contribution in [0.3, 0.4) is 0 Å². The van der Waals surface area contributed by atoms with Gasteiger partial charge in [-0.1, -0.05) is 12.1 Å². The molecule has 2 aromatic rings. The van der Waals surface area contributed by atoms with Crippen LogP contribution in [-0.2, 0) is 10.0 Å². The summed E-state index contributed by atoms with van der Waals surface area (Å²) in [7, 11) is -4.01. The fourth-order valence-corrected chi connectivity index (χ4v) is 2.81. The average Bonchev–Trinajstić information content (AvgIpc) is 2.43. The van der Waals surface area contributed by atoms with Gasteiger partial charge in [-0.25, -0.2) is 12.8 Å². The predicted molar refractivity (Wildman–Crippen MR) is 78.1 cm³/mol. The van der Waals surface area contributed by atoms with Crippen molar-refractivity contribution in [3.05, 3.63) is 53.8 Å². The van der Waals surface area contributed by atoms with Crippen molar-refractivity contribution in [1.82, 2.24) is 0 Å². The van der Waals surface area contributed by atoms with Crippen LogP contribution in [0.15, 0.2) is 47.4 Å². The number of carbonyl (C=O) groups excluding carboxylic acids is 1. The van der Waals surface area contributed by atoms with Crippen molar-refractivity contribution >= 4 is 27.2 Å². The first-order chi connectivity index (χ1) is 9.79. The zero-order chi connectivity index (χ0) is 15.6. The Morgan fingerprint density at radius 1 is 1.19 bits per heavy atom. The maximum atomic E-state index is 13.6. The molecule has 0 saturated carbocycles. The molecule has 0 atom stereocenters. The standard InChI is InChI=1S/C14H13FN2O3S/c1-9(18)10-3-2-4-12(7-10)21(19,20)17-14-8-11(16)5-6-13(14)15/h2-8,17H,16H2,1H3. The summed E-state index contributed by atoms with van der Waals surface area (Å²) >= 11 is 0. The second-order valence-corrected chi connectivity index (χ2v) is 6.11. The molecule has 5 nitrogen and oxygen atoms in total. The molecule has 3 N–H and O–H groups in total. The second-order valence-electron chi connectivity index (χ2n) is 4.43. The number of rotatable bonds is 4. The molecule has 0 aliphatic carbocycles. The molecule has 2 aromatic carbocycles. The second kappa shape index (κ2) is 5.53. The van der Waals surface area contributed by atoms with Gasteiger partial charge in [0.15, 0.2) is 5.78 Å². The first kappa shape index (κ1) is 15.0. The summed E-state index contributed by atoms with van der Waals surface area (Å²) in [6.45, 7) is 1.33. The number of halogens is 1. The van der Waals surface area contributed by atoms with Gasteiger partial charge in [-0.05, 0) is 37.3 Å². The third kappa shape index (κ3) is 3.38. The van der Waals surface area contributed by atoms with E-state index in [1.807, 2.05) is 0 Å². The van der Waals surface area contributed by atoms with Crippen LogP contribution in [0.25, 0.3) is 0 Å². The first-order valence-corrected chi connectivity index (χ1v) is 7.47. The summed E-state index contributed by atoms with van der Waals surface area (Å²) in [5.74, 6) is -1.00. The predicted octanol–water partition coefficient (Wildman–Crippen LogP) is 2.41. The summed E-state index contributed by atoms with van der Waals surface area (Å²) in [5.41, 5.74) is 5.74. The highest BCUT2D eigenvalue weighted by Gasteiger charge is 2.17. The molecule has 2 rings (SSSR count). The van der Waals surface area contributed by atoms with Crippen molar-refractivity contribution in [3.63, 3.8) is 0 Å². The SMILES string of the molecule is CC(=O)c1cccc(S(=O)(=O)Nc2cc(N)ccc2F)c1. The molecule has 0 spiro atoms. The highest BCUT2D eigenvalue weighted by molar-refractivity contribution is 7.92. The van der Waals surface area contributed by atoms with Crippen molar-refractivity contribution in [2.24, 2.45) is 0 Å². The third-order valence-electron chi connectivity index (χ3n) is 2.79. The molecule has 0 radical (unpaired) electrons. The number of nitrogens with two attached hydrogens (primary N) is 1. The van der Waals surface area contributed by atoms with Crippen LogP contribution < -0.4 is 10.5 Å². The number of carbonyl (C=O) groups is 1. The third-order valence-corrected chi connectivity index (χ3v) is 4.15. The number of benzene rings is 2. The number of hydrogen-bond donors (Lipinski definition) is 2. The lowest BCUT2D eigenvalue weighted by Gasteiger charge is -2.10. The average molecular weight is 308 g/mol. The Balaban J connectivity index is 2.41. The van der Waals surface area contributed by atoms with Crippen LogP contribution >= 0.6 is 0 Å². The minimum absolute atomic E-state index is 0.128. The largest absolute Gasteiger partial charge is 0.399 e. The van der Waals surface area contributed by atoms with Gasteiger partial charge in [-0.15, -0.1) is 0 Å². The monoisotopic (exact) mass is 308 g/mol. The highest BCUT2D eigenvalue weighted by atomic mass is 32.2. The van der Waals surface area contributed by atoms with Crippen LogP contribution in [0, 0.1) is 5.82 Å². The normalized spacial score (nSPS) is 11.1. The molecule has 0 saturated heterocycles. The molecule has 110 valence electrons. The first-order valence-electron chi connectivity index (χ1n) is 5.98. The van der Waals surface area contributed by atoms with E-state index in [9.17, 15) is 17.6 Å². The summed E-state index contributed by atoms with van der Waals surface area (Å²) in [6, 6.07) is 9.07. The number of sulfonamides is 1. The van der Waals surface area contributed by atoms with Crippen molar-refractivity contribution in [2.45, 2.75) is 11.8 Å². The van der Waals surface area contributed by atoms with Crippen LogP contribution in [0.5, 0.6) is 0 Å². The van der Waals surface area contributed by atoms with Gasteiger partial charge < -0.3 is 5.73 Å². The Bertz CT molecular complexity index is 804. The molecular formula is C14H13FN2O3S. The van der Waals surface area contributed by atoms with Crippen LogP contribution in [0.1, 0.15) is 17.3 Å². The highest BCUT2D eigenvalue weighted by Crippen LogP contribution is 2.22. The van der Waals surface area contributed by atoms with Gasteiger partial charge in [0.1, 0.15) is 5.82 Å². The Morgan fingerprint density at radius 2 is 1.90 bits per heavy atom. The molecule has 0 unspecified atom stereocenters.